The van der Waals surface area contributed by atoms with Gasteiger partial charge in [0.1, 0.15) is 10.5 Å². The van der Waals surface area contributed by atoms with Crippen molar-refractivity contribution in [2.45, 2.75) is 17.2 Å². The summed E-state index contributed by atoms with van der Waals surface area (Å²) in [5.41, 5.74) is 1.77. The molecule has 128 valence electrons. The van der Waals surface area contributed by atoms with Gasteiger partial charge in [0.15, 0.2) is 0 Å². The minimum absolute atomic E-state index is 0.112. The maximum absolute atomic E-state index is 13.2. The molecular formula is C17H15N3O4S. The Morgan fingerprint density at radius 2 is 2.08 bits per heavy atom. The quantitative estimate of drug-likeness (QED) is 0.746. The van der Waals surface area contributed by atoms with Crippen molar-refractivity contribution in [3.05, 3.63) is 54.4 Å². The molecule has 0 saturated carbocycles. The Labute approximate surface area is 144 Å². The van der Waals surface area contributed by atoms with Crippen molar-refractivity contribution in [2.24, 2.45) is 0 Å². The lowest BCUT2D eigenvalue weighted by Crippen LogP contribution is -2.30. The van der Waals surface area contributed by atoms with Gasteiger partial charge in [-0.05, 0) is 23.8 Å². The molecule has 4 rings (SSSR count). The first-order chi connectivity index (χ1) is 12.0. The molecule has 0 aliphatic carbocycles. The Balaban J connectivity index is 1.82. The van der Waals surface area contributed by atoms with Crippen molar-refractivity contribution in [2.75, 3.05) is 10.8 Å². The van der Waals surface area contributed by atoms with Crippen LogP contribution in [0.4, 0.5) is 5.69 Å². The van der Waals surface area contributed by atoms with Crippen LogP contribution in [-0.4, -0.2) is 36.0 Å². The summed E-state index contributed by atoms with van der Waals surface area (Å²) in [6, 6.07) is 10.4. The lowest BCUT2D eigenvalue weighted by Gasteiger charge is -2.19. The van der Waals surface area contributed by atoms with Crippen LogP contribution in [0.5, 0.6) is 0 Å². The molecule has 3 heterocycles. The third-order valence-corrected chi connectivity index (χ3v) is 6.25. The van der Waals surface area contributed by atoms with Crippen LogP contribution in [0.2, 0.25) is 0 Å². The molecule has 7 nitrogen and oxygen atoms in total. The molecule has 8 heteroatoms. The first-order valence-electron chi connectivity index (χ1n) is 7.74. The fourth-order valence-corrected chi connectivity index (χ4v) is 5.02. The van der Waals surface area contributed by atoms with Gasteiger partial charge in [0.25, 0.3) is 10.0 Å². The first kappa shape index (κ1) is 15.6. The normalized spacial score (nSPS) is 17.0. The van der Waals surface area contributed by atoms with E-state index in [9.17, 15) is 13.2 Å². The lowest BCUT2D eigenvalue weighted by atomic mass is 9.98. The number of nitrogens with one attached hydrogen (secondary N) is 1. The molecule has 0 bridgehead atoms. The van der Waals surface area contributed by atoms with E-state index in [4.69, 9.17) is 5.11 Å². The van der Waals surface area contributed by atoms with E-state index < -0.39 is 16.0 Å². The maximum Gasteiger partial charge on any atom is 0.304 e. The van der Waals surface area contributed by atoms with Gasteiger partial charge >= 0.3 is 5.97 Å². The second-order valence-electron chi connectivity index (χ2n) is 5.94. The van der Waals surface area contributed by atoms with Gasteiger partial charge in [-0.1, -0.05) is 18.2 Å². The maximum atomic E-state index is 13.2. The number of carbonyl (C=O) groups is 1. The molecule has 0 fully saturated rings. The molecule has 1 aromatic carbocycles. The predicted molar refractivity (Wildman–Crippen MR) is 92.1 cm³/mol. The SMILES string of the molecule is O=C(O)C[C@H]1CN(S(=O)(=O)c2c[nH]c3ncccc23)c2ccccc21. The van der Waals surface area contributed by atoms with Crippen LogP contribution >= 0.6 is 0 Å². The molecule has 0 spiro atoms. The summed E-state index contributed by atoms with van der Waals surface area (Å²) in [5, 5.41) is 9.65. The number of hydrogen-bond acceptors (Lipinski definition) is 4. The summed E-state index contributed by atoms with van der Waals surface area (Å²) in [4.78, 5) is 18.3. The smallest absolute Gasteiger partial charge is 0.304 e. The number of aromatic amines is 1. The summed E-state index contributed by atoms with van der Waals surface area (Å²) >= 11 is 0. The number of carboxylic acids is 1. The molecule has 3 aromatic rings. The molecule has 2 aromatic heterocycles. The van der Waals surface area contributed by atoms with E-state index in [0.717, 1.165) is 5.56 Å². The summed E-state index contributed by atoms with van der Waals surface area (Å²) in [6.07, 6.45) is 2.90. The van der Waals surface area contributed by atoms with Gasteiger partial charge in [-0.3, -0.25) is 9.10 Å². The first-order valence-corrected chi connectivity index (χ1v) is 9.18. The average molecular weight is 357 g/mol. The number of sulfonamides is 1. The van der Waals surface area contributed by atoms with Crippen LogP contribution < -0.4 is 4.31 Å². The molecule has 1 atom stereocenters. The van der Waals surface area contributed by atoms with Gasteiger partial charge < -0.3 is 10.1 Å². The Morgan fingerprint density at radius 1 is 1.28 bits per heavy atom. The van der Waals surface area contributed by atoms with Gasteiger partial charge in [-0.2, -0.15) is 0 Å². The zero-order valence-corrected chi connectivity index (χ0v) is 13.9. The molecule has 0 amide bonds. The van der Waals surface area contributed by atoms with Crippen LogP contribution in [0, 0.1) is 0 Å². The van der Waals surface area contributed by atoms with E-state index in [1.54, 1.807) is 42.6 Å². The van der Waals surface area contributed by atoms with Gasteiger partial charge in [0, 0.05) is 30.2 Å². The Hall–Kier alpha value is -2.87. The number of nitrogens with zero attached hydrogens (tertiary/aromatic N) is 2. The van der Waals surface area contributed by atoms with Crippen molar-refractivity contribution < 1.29 is 18.3 Å². The second kappa shape index (κ2) is 5.59. The highest BCUT2D eigenvalue weighted by atomic mass is 32.2. The third kappa shape index (κ3) is 2.45. The van der Waals surface area contributed by atoms with Gasteiger partial charge in [0.05, 0.1) is 12.1 Å². The second-order valence-corrected chi connectivity index (χ2v) is 7.77. The fraction of sp³-hybridized carbons (Fsp3) is 0.176. The van der Waals surface area contributed by atoms with E-state index in [1.165, 1.54) is 10.5 Å². The predicted octanol–water partition coefficient (Wildman–Crippen LogP) is 2.33. The minimum atomic E-state index is -3.83. The van der Waals surface area contributed by atoms with Crippen molar-refractivity contribution in [3.8, 4) is 0 Å². The molecule has 0 radical (unpaired) electrons. The zero-order valence-electron chi connectivity index (χ0n) is 13.1. The number of anilines is 1. The molecule has 1 aliphatic rings. The van der Waals surface area contributed by atoms with Gasteiger partial charge in [-0.15, -0.1) is 0 Å². The van der Waals surface area contributed by atoms with Crippen LogP contribution in [0.1, 0.15) is 17.9 Å². The van der Waals surface area contributed by atoms with E-state index in [1.807, 2.05) is 0 Å². The minimum Gasteiger partial charge on any atom is -0.481 e. The van der Waals surface area contributed by atoms with E-state index in [2.05, 4.69) is 9.97 Å². The number of hydrogen-bond donors (Lipinski definition) is 2. The van der Waals surface area contributed by atoms with Crippen molar-refractivity contribution in [1.29, 1.82) is 0 Å². The molecule has 25 heavy (non-hydrogen) atoms. The number of pyridine rings is 1. The van der Waals surface area contributed by atoms with Crippen molar-refractivity contribution in [1.82, 2.24) is 9.97 Å². The highest BCUT2D eigenvalue weighted by Gasteiger charge is 2.38. The number of rotatable bonds is 4. The van der Waals surface area contributed by atoms with E-state index >= 15 is 0 Å². The standard InChI is InChI=1S/C17H15N3O4S/c21-16(22)8-11-10-20(14-6-2-1-4-12(11)14)25(23,24)15-9-19-17-13(15)5-3-7-18-17/h1-7,9,11H,8,10H2,(H,18,19)(H,21,22)/t11-/m0/s1. The topological polar surface area (TPSA) is 103 Å². The number of para-hydroxylation sites is 1. The van der Waals surface area contributed by atoms with E-state index in [-0.39, 0.29) is 23.8 Å². The Morgan fingerprint density at radius 3 is 2.88 bits per heavy atom. The summed E-state index contributed by atoms with van der Waals surface area (Å²) in [6.45, 7) is 0.112. The molecule has 2 N–H and O–H groups in total. The molecule has 0 saturated heterocycles. The molecular weight excluding hydrogens is 342 g/mol. The molecule has 1 aliphatic heterocycles. The van der Waals surface area contributed by atoms with Crippen LogP contribution in [-0.2, 0) is 14.8 Å². The number of H-pyrrole nitrogens is 1. The fourth-order valence-electron chi connectivity index (χ4n) is 3.33. The Bertz CT molecular complexity index is 1070. The number of carboxylic acid groups (broad SMARTS) is 1. The number of fused-ring (bicyclic) bond motifs is 2. The van der Waals surface area contributed by atoms with Crippen molar-refractivity contribution in [3.63, 3.8) is 0 Å². The highest BCUT2D eigenvalue weighted by Crippen LogP contribution is 2.41. The van der Waals surface area contributed by atoms with Gasteiger partial charge in [0.2, 0.25) is 0 Å². The summed E-state index contributed by atoms with van der Waals surface area (Å²) in [7, 11) is -3.83. The summed E-state index contributed by atoms with van der Waals surface area (Å²) in [5.74, 6) is -1.32. The Kier molecular flexibility index (Phi) is 3.50. The van der Waals surface area contributed by atoms with Crippen molar-refractivity contribution >= 4 is 32.7 Å². The van der Waals surface area contributed by atoms with Crippen LogP contribution in [0.15, 0.2) is 53.7 Å². The monoisotopic (exact) mass is 357 g/mol. The van der Waals surface area contributed by atoms with E-state index in [0.29, 0.717) is 16.7 Å². The van der Waals surface area contributed by atoms with Crippen LogP contribution in [0.25, 0.3) is 11.0 Å². The highest BCUT2D eigenvalue weighted by molar-refractivity contribution is 7.93. The summed E-state index contributed by atoms with van der Waals surface area (Å²) < 4.78 is 27.8. The lowest BCUT2D eigenvalue weighted by molar-refractivity contribution is -0.137. The number of aliphatic carboxylic acids is 1. The third-order valence-electron chi connectivity index (χ3n) is 4.43. The van der Waals surface area contributed by atoms with Gasteiger partial charge in [-0.25, -0.2) is 13.4 Å². The number of aromatic nitrogens is 2. The number of benzene rings is 1. The average Bonchev–Trinajstić information content (AvgIpc) is 3.17. The largest absolute Gasteiger partial charge is 0.481 e. The van der Waals surface area contributed by atoms with Crippen LogP contribution in [0.3, 0.4) is 0 Å². The zero-order chi connectivity index (χ0) is 17.6. The molecule has 0 unspecified atom stereocenters.